The molecule has 0 saturated carbocycles. The molecule has 0 fully saturated rings. The first-order valence-electron chi connectivity index (χ1n) is 6.63. The molecule has 1 unspecified atom stereocenters. The summed E-state index contributed by atoms with van der Waals surface area (Å²) >= 11 is 5.87. The van der Waals surface area contributed by atoms with Gasteiger partial charge in [-0.3, -0.25) is 4.79 Å². The van der Waals surface area contributed by atoms with Crippen LogP contribution in [0.5, 0.6) is 0 Å². The number of aryl methyl sites for hydroxylation is 1. The van der Waals surface area contributed by atoms with Gasteiger partial charge in [-0.1, -0.05) is 35.9 Å². The minimum absolute atomic E-state index is 0.00567. The number of hydrogen-bond acceptors (Lipinski definition) is 1. The Morgan fingerprint density at radius 3 is 2.58 bits per heavy atom. The predicted octanol–water partition coefficient (Wildman–Crippen LogP) is 4.64. The van der Waals surface area contributed by atoms with E-state index in [0.717, 1.165) is 24.8 Å². The minimum Gasteiger partial charge on any atom is -0.293 e. The molecule has 2 aromatic carbocycles. The normalized spacial score (nSPS) is 17.8. The van der Waals surface area contributed by atoms with Crippen molar-refractivity contribution in [1.29, 1.82) is 0 Å². The van der Waals surface area contributed by atoms with Crippen LogP contribution in [0.3, 0.4) is 0 Å². The van der Waals surface area contributed by atoms with Crippen LogP contribution >= 0.6 is 11.6 Å². The Kier molecular flexibility index (Phi) is 3.39. The molecule has 0 spiro atoms. The minimum atomic E-state index is 0.00567. The lowest BCUT2D eigenvalue weighted by Gasteiger charge is -2.24. The topological polar surface area (TPSA) is 17.1 Å². The lowest BCUT2D eigenvalue weighted by molar-refractivity contribution is 0.0951. The summed E-state index contributed by atoms with van der Waals surface area (Å²) in [5, 5.41) is 0.667. The van der Waals surface area contributed by atoms with E-state index in [0.29, 0.717) is 5.02 Å². The second kappa shape index (κ2) is 5.18. The molecule has 1 aliphatic rings. The van der Waals surface area contributed by atoms with Crippen molar-refractivity contribution in [2.75, 3.05) is 0 Å². The zero-order valence-corrected chi connectivity index (χ0v) is 11.4. The van der Waals surface area contributed by atoms with Gasteiger partial charge in [-0.25, -0.2) is 0 Å². The maximum Gasteiger partial charge on any atom is 0.170 e. The van der Waals surface area contributed by atoms with Gasteiger partial charge in [-0.05, 0) is 54.7 Å². The molecule has 0 saturated heterocycles. The summed E-state index contributed by atoms with van der Waals surface area (Å²) in [5.41, 5.74) is 3.28. The average molecular weight is 271 g/mol. The van der Waals surface area contributed by atoms with Gasteiger partial charge in [0.15, 0.2) is 5.78 Å². The first kappa shape index (κ1) is 12.4. The van der Waals surface area contributed by atoms with Crippen molar-refractivity contribution in [2.45, 2.75) is 25.2 Å². The number of carbonyl (C=O) groups is 1. The number of Topliss-reactive ketones (excluding diaryl/α,β-unsaturated/α-hetero) is 1. The molecule has 0 bridgehead atoms. The summed E-state index contributed by atoms with van der Waals surface area (Å²) in [6.45, 7) is 0. The van der Waals surface area contributed by atoms with Gasteiger partial charge in [-0.2, -0.15) is 0 Å². The van der Waals surface area contributed by atoms with Crippen molar-refractivity contribution < 1.29 is 4.79 Å². The van der Waals surface area contributed by atoms with Gasteiger partial charge in [0.05, 0.1) is 0 Å². The van der Waals surface area contributed by atoms with Crippen LogP contribution in [0.15, 0.2) is 48.5 Å². The van der Waals surface area contributed by atoms with E-state index >= 15 is 0 Å². The maximum absolute atomic E-state index is 12.6. The number of halogens is 1. The van der Waals surface area contributed by atoms with Gasteiger partial charge < -0.3 is 0 Å². The zero-order chi connectivity index (χ0) is 13.2. The maximum atomic E-state index is 12.6. The van der Waals surface area contributed by atoms with Gasteiger partial charge in [0.2, 0.25) is 0 Å². The molecule has 1 nitrogen and oxygen atoms in total. The summed E-state index contributed by atoms with van der Waals surface area (Å²) in [6.07, 6.45) is 3.11. The predicted molar refractivity (Wildman–Crippen MR) is 77.9 cm³/mol. The van der Waals surface area contributed by atoms with Gasteiger partial charge in [0.1, 0.15) is 0 Å². The first-order chi connectivity index (χ1) is 9.25. The molecule has 0 aromatic heterocycles. The highest BCUT2D eigenvalue weighted by atomic mass is 35.5. The smallest absolute Gasteiger partial charge is 0.170 e. The third-order valence-corrected chi connectivity index (χ3v) is 4.07. The van der Waals surface area contributed by atoms with Crippen molar-refractivity contribution in [3.63, 3.8) is 0 Å². The van der Waals surface area contributed by atoms with E-state index < -0.39 is 0 Å². The van der Waals surface area contributed by atoms with Crippen LogP contribution in [-0.4, -0.2) is 5.78 Å². The molecule has 2 aromatic rings. The van der Waals surface area contributed by atoms with Gasteiger partial charge in [-0.15, -0.1) is 0 Å². The fraction of sp³-hybridized carbons (Fsp3) is 0.235. The average Bonchev–Trinajstić information content (AvgIpc) is 2.47. The van der Waals surface area contributed by atoms with E-state index in [-0.39, 0.29) is 11.7 Å². The second-order valence-corrected chi connectivity index (χ2v) is 5.45. The Balaban J connectivity index is 1.95. The molecule has 0 heterocycles. The highest BCUT2D eigenvalue weighted by Crippen LogP contribution is 2.34. The van der Waals surface area contributed by atoms with E-state index in [1.807, 2.05) is 24.3 Å². The molecule has 19 heavy (non-hydrogen) atoms. The highest BCUT2D eigenvalue weighted by molar-refractivity contribution is 6.30. The Hall–Kier alpha value is -1.60. The van der Waals surface area contributed by atoms with Crippen molar-refractivity contribution in [1.82, 2.24) is 0 Å². The van der Waals surface area contributed by atoms with Crippen LogP contribution in [0.1, 0.15) is 40.2 Å². The number of carbonyl (C=O) groups excluding carboxylic acids is 1. The molecule has 0 amide bonds. The molecular formula is C17H15ClO. The van der Waals surface area contributed by atoms with E-state index in [4.69, 9.17) is 11.6 Å². The summed E-state index contributed by atoms with van der Waals surface area (Å²) in [6, 6.07) is 15.5. The van der Waals surface area contributed by atoms with Crippen LogP contribution in [0.2, 0.25) is 5.02 Å². The number of ketones is 1. The Morgan fingerprint density at radius 1 is 1.05 bits per heavy atom. The SMILES string of the molecule is O=C(c1ccc(Cl)cc1)C1CCCc2ccccc21. The van der Waals surface area contributed by atoms with Crippen LogP contribution in [0.4, 0.5) is 0 Å². The number of benzene rings is 2. The Morgan fingerprint density at radius 2 is 1.79 bits per heavy atom. The van der Waals surface area contributed by atoms with E-state index in [1.54, 1.807) is 12.1 Å². The first-order valence-corrected chi connectivity index (χ1v) is 7.01. The lowest BCUT2D eigenvalue weighted by atomic mass is 9.79. The Bertz CT molecular complexity index is 601. The summed E-state index contributed by atoms with van der Waals surface area (Å²) < 4.78 is 0. The van der Waals surface area contributed by atoms with Crippen LogP contribution in [0.25, 0.3) is 0 Å². The van der Waals surface area contributed by atoms with E-state index in [9.17, 15) is 4.79 Å². The number of hydrogen-bond donors (Lipinski definition) is 0. The molecule has 0 radical (unpaired) electrons. The van der Waals surface area contributed by atoms with Crippen LogP contribution in [-0.2, 0) is 6.42 Å². The molecule has 0 N–H and O–H groups in total. The van der Waals surface area contributed by atoms with Gasteiger partial charge in [0, 0.05) is 16.5 Å². The zero-order valence-electron chi connectivity index (χ0n) is 10.6. The second-order valence-electron chi connectivity index (χ2n) is 5.01. The quantitative estimate of drug-likeness (QED) is 0.727. The Labute approximate surface area is 118 Å². The van der Waals surface area contributed by atoms with Crippen molar-refractivity contribution in [2.24, 2.45) is 0 Å². The van der Waals surface area contributed by atoms with E-state index in [2.05, 4.69) is 12.1 Å². The van der Waals surface area contributed by atoms with Crippen molar-refractivity contribution in [3.05, 3.63) is 70.2 Å². The fourth-order valence-corrected chi connectivity index (χ4v) is 2.97. The van der Waals surface area contributed by atoms with Crippen LogP contribution < -0.4 is 0 Å². The number of rotatable bonds is 2. The molecule has 1 aliphatic carbocycles. The van der Waals surface area contributed by atoms with Gasteiger partial charge >= 0.3 is 0 Å². The van der Waals surface area contributed by atoms with E-state index in [1.165, 1.54) is 11.1 Å². The third kappa shape index (κ3) is 2.43. The molecule has 0 aliphatic heterocycles. The monoisotopic (exact) mass is 270 g/mol. The summed E-state index contributed by atoms with van der Waals surface area (Å²) in [7, 11) is 0. The third-order valence-electron chi connectivity index (χ3n) is 3.81. The van der Waals surface area contributed by atoms with Crippen molar-refractivity contribution >= 4 is 17.4 Å². The standard InChI is InChI=1S/C17H15ClO/c18-14-10-8-13(9-11-14)17(19)16-7-3-5-12-4-1-2-6-15(12)16/h1-2,4,6,8-11,16H,3,5,7H2. The van der Waals surface area contributed by atoms with Crippen molar-refractivity contribution in [3.8, 4) is 0 Å². The molecule has 2 heteroatoms. The largest absolute Gasteiger partial charge is 0.293 e. The summed E-state index contributed by atoms with van der Waals surface area (Å²) in [4.78, 5) is 12.6. The molecule has 96 valence electrons. The molecule has 3 rings (SSSR count). The molecular weight excluding hydrogens is 256 g/mol. The van der Waals surface area contributed by atoms with Gasteiger partial charge in [0.25, 0.3) is 0 Å². The lowest BCUT2D eigenvalue weighted by Crippen LogP contribution is -2.18. The van der Waals surface area contributed by atoms with Crippen LogP contribution in [0, 0.1) is 0 Å². The fourth-order valence-electron chi connectivity index (χ4n) is 2.84. The summed E-state index contributed by atoms with van der Waals surface area (Å²) in [5.74, 6) is 0.218. The molecule has 1 atom stereocenters. The number of fused-ring (bicyclic) bond motifs is 1. The highest BCUT2D eigenvalue weighted by Gasteiger charge is 2.26.